The number of anilines is 1. The van der Waals surface area contributed by atoms with E-state index < -0.39 is 28.3 Å². The molecule has 7 heteroatoms. The number of carbonyl (C=O) groups is 1. The number of para-hydroxylation sites is 1. The second-order valence-electron chi connectivity index (χ2n) is 8.36. The van der Waals surface area contributed by atoms with Gasteiger partial charge in [-0.25, -0.2) is 12.8 Å². The van der Waals surface area contributed by atoms with Crippen molar-refractivity contribution >= 4 is 21.6 Å². The SMILES string of the molecule is Cc1ccc(S(=O)(=O)N(CC(=O)N[C@H](C)c2cc(C)c(C)cc2C)c2ccccc2F)cc1. The van der Waals surface area contributed by atoms with Gasteiger partial charge in [0.05, 0.1) is 16.6 Å². The van der Waals surface area contributed by atoms with Gasteiger partial charge in [-0.05, 0) is 81.1 Å². The largest absolute Gasteiger partial charge is 0.348 e. The number of amides is 1. The maximum absolute atomic E-state index is 14.6. The summed E-state index contributed by atoms with van der Waals surface area (Å²) < 4.78 is 42.3. The van der Waals surface area contributed by atoms with Gasteiger partial charge in [0.2, 0.25) is 5.91 Å². The van der Waals surface area contributed by atoms with E-state index in [4.69, 9.17) is 0 Å². The lowest BCUT2D eigenvalue weighted by Gasteiger charge is -2.26. The molecule has 174 valence electrons. The van der Waals surface area contributed by atoms with Crippen LogP contribution < -0.4 is 9.62 Å². The average Bonchev–Trinajstić information content (AvgIpc) is 2.75. The van der Waals surface area contributed by atoms with Crippen molar-refractivity contribution in [1.29, 1.82) is 0 Å². The van der Waals surface area contributed by atoms with E-state index in [0.717, 1.165) is 32.1 Å². The van der Waals surface area contributed by atoms with Gasteiger partial charge in [0.25, 0.3) is 10.0 Å². The van der Waals surface area contributed by atoms with Crippen molar-refractivity contribution < 1.29 is 17.6 Å². The first-order chi connectivity index (χ1) is 15.5. The van der Waals surface area contributed by atoms with Crippen molar-refractivity contribution in [3.05, 3.63) is 94.3 Å². The fourth-order valence-corrected chi connectivity index (χ4v) is 5.16. The maximum Gasteiger partial charge on any atom is 0.264 e. The van der Waals surface area contributed by atoms with Gasteiger partial charge in [0.15, 0.2) is 0 Å². The van der Waals surface area contributed by atoms with Gasteiger partial charge in [-0.1, -0.05) is 42.0 Å². The predicted molar refractivity (Wildman–Crippen MR) is 129 cm³/mol. The summed E-state index contributed by atoms with van der Waals surface area (Å²) in [6, 6.07) is 15.5. The van der Waals surface area contributed by atoms with Gasteiger partial charge in [-0.15, -0.1) is 0 Å². The van der Waals surface area contributed by atoms with E-state index in [2.05, 4.69) is 11.4 Å². The zero-order valence-electron chi connectivity index (χ0n) is 19.5. The van der Waals surface area contributed by atoms with Gasteiger partial charge in [0, 0.05) is 0 Å². The summed E-state index contributed by atoms with van der Waals surface area (Å²) in [5.74, 6) is -1.25. The zero-order chi connectivity index (χ0) is 24.3. The third-order valence-corrected chi connectivity index (χ3v) is 7.52. The molecule has 0 bridgehead atoms. The minimum atomic E-state index is -4.18. The van der Waals surface area contributed by atoms with Gasteiger partial charge >= 0.3 is 0 Å². The molecule has 0 aliphatic rings. The van der Waals surface area contributed by atoms with Crippen LogP contribution in [0.15, 0.2) is 65.6 Å². The van der Waals surface area contributed by atoms with Crippen molar-refractivity contribution in [2.45, 2.75) is 45.6 Å². The van der Waals surface area contributed by atoms with E-state index in [1.807, 2.05) is 40.7 Å². The van der Waals surface area contributed by atoms with Crippen LogP contribution in [0.3, 0.4) is 0 Å². The normalized spacial score (nSPS) is 12.3. The molecule has 0 saturated carbocycles. The van der Waals surface area contributed by atoms with Crippen LogP contribution in [0.25, 0.3) is 0 Å². The molecule has 5 nitrogen and oxygen atoms in total. The van der Waals surface area contributed by atoms with E-state index >= 15 is 0 Å². The monoisotopic (exact) mass is 468 g/mol. The molecule has 3 aromatic rings. The molecule has 1 amide bonds. The van der Waals surface area contributed by atoms with Crippen LogP contribution in [0.2, 0.25) is 0 Å². The highest BCUT2D eigenvalue weighted by Crippen LogP contribution is 2.27. The molecular formula is C26H29FN2O3S. The number of rotatable bonds is 7. The number of benzene rings is 3. The number of aryl methyl sites for hydroxylation is 4. The molecule has 33 heavy (non-hydrogen) atoms. The number of nitrogens with one attached hydrogen (secondary N) is 1. The number of hydrogen-bond donors (Lipinski definition) is 1. The van der Waals surface area contributed by atoms with Crippen LogP contribution in [-0.2, 0) is 14.8 Å². The van der Waals surface area contributed by atoms with Gasteiger partial charge in [0.1, 0.15) is 12.4 Å². The topological polar surface area (TPSA) is 66.5 Å². The summed E-state index contributed by atoms with van der Waals surface area (Å²) in [5.41, 5.74) is 4.95. The summed E-state index contributed by atoms with van der Waals surface area (Å²) in [7, 11) is -4.18. The number of hydrogen-bond acceptors (Lipinski definition) is 3. The summed E-state index contributed by atoms with van der Waals surface area (Å²) in [6.07, 6.45) is 0. The highest BCUT2D eigenvalue weighted by Gasteiger charge is 2.29. The Morgan fingerprint density at radius 3 is 2.18 bits per heavy atom. The molecule has 3 rings (SSSR count). The fraction of sp³-hybridized carbons (Fsp3) is 0.269. The second kappa shape index (κ2) is 9.75. The maximum atomic E-state index is 14.6. The molecule has 1 atom stereocenters. The number of halogens is 1. The Morgan fingerprint density at radius 2 is 1.55 bits per heavy atom. The zero-order valence-corrected chi connectivity index (χ0v) is 20.3. The Hall–Kier alpha value is -3.19. The van der Waals surface area contributed by atoms with Crippen LogP contribution in [0.4, 0.5) is 10.1 Å². The lowest BCUT2D eigenvalue weighted by Crippen LogP contribution is -2.42. The van der Waals surface area contributed by atoms with Crippen molar-refractivity contribution in [3.63, 3.8) is 0 Å². The van der Waals surface area contributed by atoms with Crippen molar-refractivity contribution in [2.24, 2.45) is 0 Å². The Bertz CT molecular complexity index is 1270. The molecule has 1 N–H and O–H groups in total. The molecule has 3 aromatic carbocycles. The lowest BCUT2D eigenvalue weighted by molar-refractivity contribution is -0.120. The first-order valence-electron chi connectivity index (χ1n) is 10.7. The second-order valence-corrected chi connectivity index (χ2v) is 10.2. The molecule has 0 spiro atoms. The summed E-state index contributed by atoms with van der Waals surface area (Å²) in [5, 5.41) is 2.87. The van der Waals surface area contributed by atoms with Gasteiger partial charge < -0.3 is 5.32 Å². The van der Waals surface area contributed by atoms with Crippen LogP contribution in [0.5, 0.6) is 0 Å². The molecule has 0 fully saturated rings. The van der Waals surface area contributed by atoms with E-state index in [1.54, 1.807) is 12.1 Å². The van der Waals surface area contributed by atoms with E-state index in [1.165, 1.54) is 36.4 Å². The van der Waals surface area contributed by atoms with Crippen LogP contribution in [0.1, 0.15) is 40.8 Å². The average molecular weight is 469 g/mol. The van der Waals surface area contributed by atoms with Crippen LogP contribution >= 0.6 is 0 Å². The molecule has 0 saturated heterocycles. The fourth-order valence-electron chi connectivity index (χ4n) is 3.74. The smallest absolute Gasteiger partial charge is 0.264 e. The predicted octanol–water partition coefficient (Wildman–Crippen LogP) is 5.13. The number of carbonyl (C=O) groups excluding carboxylic acids is 1. The molecular weight excluding hydrogens is 439 g/mol. The Labute approximate surface area is 195 Å². The minimum Gasteiger partial charge on any atom is -0.348 e. The molecule has 0 radical (unpaired) electrons. The van der Waals surface area contributed by atoms with E-state index in [0.29, 0.717) is 0 Å². The van der Waals surface area contributed by atoms with E-state index in [-0.39, 0.29) is 16.6 Å². The van der Waals surface area contributed by atoms with Gasteiger partial charge in [-0.3, -0.25) is 9.10 Å². The van der Waals surface area contributed by atoms with Crippen molar-refractivity contribution in [3.8, 4) is 0 Å². The van der Waals surface area contributed by atoms with Crippen molar-refractivity contribution in [1.82, 2.24) is 5.32 Å². The Kier molecular flexibility index (Phi) is 7.22. The lowest BCUT2D eigenvalue weighted by atomic mass is 9.96. The molecule has 0 aromatic heterocycles. The van der Waals surface area contributed by atoms with Gasteiger partial charge in [-0.2, -0.15) is 0 Å². The highest BCUT2D eigenvalue weighted by atomic mass is 32.2. The quantitative estimate of drug-likeness (QED) is 0.523. The number of nitrogens with zero attached hydrogens (tertiary/aromatic N) is 1. The standard InChI is InChI=1S/C26H29FN2O3S/c1-17-10-12-22(13-11-17)33(31,32)29(25-9-7-6-8-24(25)27)16-26(30)28-21(5)23-15-19(3)18(2)14-20(23)4/h6-15,21H,16H2,1-5H3,(H,28,30)/t21-/m1/s1. The van der Waals surface area contributed by atoms with Crippen LogP contribution in [-0.4, -0.2) is 20.9 Å². The highest BCUT2D eigenvalue weighted by molar-refractivity contribution is 7.92. The minimum absolute atomic E-state index is 0.0118. The first kappa shape index (κ1) is 24.5. The molecule has 0 heterocycles. The third kappa shape index (κ3) is 5.42. The summed E-state index contributed by atoms with van der Waals surface area (Å²) >= 11 is 0. The van der Waals surface area contributed by atoms with Crippen molar-refractivity contribution in [2.75, 3.05) is 10.8 Å². The summed E-state index contributed by atoms with van der Waals surface area (Å²) in [6.45, 7) is 9.13. The molecule has 0 aliphatic carbocycles. The molecule has 0 aliphatic heterocycles. The van der Waals surface area contributed by atoms with E-state index in [9.17, 15) is 17.6 Å². The Morgan fingerprint density at radius 1 is 0.939 bits per heavy atom. The number of sulfonamides is 1. The van der Waals surface area contributed by atoms with Crippen LogP contribution in [0, 0.1) is 33.5 Å². The molecule has 0 unspecified atom stereocenters. The summed E-state index contributed by atoms with van der Waals surface area (Å²) in [4.78, 5) is 13.0. The third-order valence-electron chi connectivity index (χ3n) is 5.74. The first-order valence-corrected chi connectivity index (χ1v) is 12.2. The Balaban J connectivity index is 1.92.